The lowest BCUT2D eigenvalue weighted by Gasteiger charge is -2.26. The van der Waals surface area contributed by atoms with Gasteiger partial charge in [0.15, 0.2) is 0 Å². The van der Waals surface area contributed by atoms with Crippen LogP contribution in [-0.4, -0.2) is 48.0 Å². The van der Waals surface area contributed by atoms with E-state index in [1.807, 2.05) is 18.8 Å². The van der Waals surface area contributed by atoms with E-state index in [0.29, 0.717) is 11.9 Å². The summed E-state index contributed by atoms with van der Waals surface area (Å²) in [5.74, 6) is 1.57. The molecule has 0 spiro atoms. The van der Waals surface area contributed by atoms with E-state index in [2.05, 4.69) is 10.2 Å². The molecule has 2 aliphatic rings. The Bertz CT molecular complexity index is 229. The molecule has 0 saturated carbocycles. The van der Waals surface area contributed by atoms with Gasteiger partial charge in [-0.1, -0.05) is 0 Å². The number of amides is 1. The van der Waals surface area contributed by atoms with Crippen molar-refractivity contribution >= 4 is 17.7 Å². The minimum Gasteiger partial charge on any atom is -0.337 e. The SMILES string of the molecule is CNCC1CCCN1C(=O)C1CCCS1. The number of likely N-dealkylation sites (N-methyl/N-ethyl adjacent to an activating group) is 1. The number of nitrogens with one attached hydrogen (secondary N) is 1. The summed E-state index contributed by atoms with van der Waals surface area (Å²) < 4.78 is 0. The van der Waals surface area contributed by atoms with Crippen molar-refractivity contribution in [1.29, 1.82) is 0 Å². The van der Waals surface area contributed by atoms with Crippen LogP contribution in [0.2, 0.25) is 0 Å². The van der Waals surface area contributed by atoms with Crippen molar-refractivity contribution in [3.8, 4) is 0 Å². The van der Waals surface area contributed by atoms with E-state index in [1.54, 1.807) is 0 Å². The van der Waals surface area contributed by atoms with Gasteiger partial charge in [0.05, 0.1) is 5.25 Å². The van der Waals surface area contributed by atoms with Crippen molar-refractivity contribution in [1.82, 2.24) is 10.2 Å². The van der Waals surface area contributed by atoms with Crippen LogP contribution in [0.15, 0.2) is 0 Å². The number of carbonyl (C=O) groups is 1. The van der Waals surface area contributed by atoms with E-state index in [-0.39, 0.29) is 5.25 Å². The highest BCUT2D eigenvalue weighted by atomic mass is 32.2. The molecule has 2 fully saturated rings. The van der Waals surface area contributed by atoms with Crippen LogP contribution in [0.4, 0.5) is 0 Å². The third-order valence-corrected chi connectivity index (χ3v) is 4.67. The molecule has 86 valence electrons. The number of thioether (sulfide) groups is 1. The molecule has 2 atom stereocenters. The first-order valence-corrected chi connectivity index (χ1v) is 6.94. The Morgan fingerprint density at radius 2 is 2.33 bits per heavy atom. The number of carbonyl (C=O) groups excluding carboxylic acids is 1. The first kappa shape index (κ1) is 11.3. The van der Waals surface area contributed by atoms with Crippen LogP contribution in [-0.2, 0) is 4.79 Å². The number of nitrogens with zero attached hydrogens (tertiary/aromatic N) is 1. The molecule has 2 heterocycles. The molecule has 0 aromatic carbocycles. The summed E-state index contributed by atoms with van der Waals surface area (Å²) in [6, 6.07) is 0.448. The van der Waals surface area contributed by atoms with Gasteiger partial charge in [-0.25, -0.2) is 0 Å². The van der Waals surface area contributed by atoms with Gasteiger partial charge in [0.25, 0.3) is 0 Å². The number of rotatable bonds is 3. The average Bonchev–Trinajstić information content (AvgIpc) is 2.87. The van der Waals surface area contributed by atoms with E-state index >= 15 is 0 Å². The van der Waals surface area contributed by atoms with Gasteiger partial charge in [-0.15, -0.1) is 11.8 Å². The molecule has 1 amide bonds. The minimum atomic E-state index is 0.266. The Morgan fingerprint density at radius 1 is 1.47 bits per heavy atom. The molecule has 0 aromatic heterocycles. The van der Waals surface area contributed by atoms with Gasteiger partial charge in [0.1, 0.15) is 0 Å². The summed E-state index contributed by atoms with van der Waals surface area (Å²) in [6.45, 7) is 1.92. The van der Waals surface area contributed by atoms with Crippen molar-refractivity contribution in [3.05, 3.63) is 0 Å². The maximum absolute atomic E-state index is 12.2. The number of hydrogen-bond donors (Lipinski definition) is 1. The summed E-state index contributed by atoms with van der Waals surface area (Å²) in [5.41, 5.74) is 0. The molecule has 2 rings (SSSR count). The third kappa shape index (κ3) is 2.48. The summed E-state index contributed by atoms with van der Waals surface area (Å²) in [6.07, 6.45) is 4.65. The Hall–Kier alpha value is -0.220. The molecule has 2 aliphatic heterocycles. The summed E-state index contributed by atoms with van der Waals surface area (Å²) in [4.78, 5) is 14.3. The molecule has 2 saturated heterocycles. The molecule has 0 radical (unpaired) electrons. The van der Waals surface area contributed by atoms with Gasteiger partial charge in [-0.05, 0) is 38.5 Å². The lowest BCUT2D eigenvalue weighted by Crippen LogP contribution is -2.44. The average molecular weight is 228 g/mol. The van der Waals surface area contributed by atoms with E-state index in [0.717, 1.165) is 19.5 Å². The van der Waals surface area contributed by atoms with Gasteiger partial charge >= 0.3 is 0 Å². The Balaban J connectivity index is 1.92. The fraction of sp³-hybridized carbons (Fsp3) is 0.909. The molecule has 15 heavy (non-hydrogen) atoms. The highest BCUT2D eigenvalue weighted by Gasteiger charge is 2.34. The van der Waals surface area contributed by atoms with Crippen LogP contribution in [0.25, 0.3) is 0 Å². The topological polar surface area (TPSA) is 32.3 Å². The monoisotopic (exact) mass is 228 g/mol. The van der Waals surface area contributed by atoms with Crippen molar-refractivity contribution < 1.29 is 4.79 Å². The fourth-order valence-electron chi connectivity index (χ4n) is 2.53. The van der Waals surface area contributed by atoms with Crippen molar-refractivity contribution in [2.75, 3.05) is 25.9 Å². The quantitative estimate of drug-likeness (QED) is 0.785. The smallest absolute Gasteiger partial charge is 0.235 e. The predicted octanol–water partition coefficient (Wildman–Crippen LogP) is 1.09. The summed E-state index contributed by atoms with van der Waals surface area (Å²) >= 11 is 1.85. The lowest BCUT2D eigenvalue weighted by molar-refractivity contribution is -0.131. The van der Waals surface area contributed by atoms with Crippen molar-refractivity contribution in [3.63, 3.8) is 0 Å². The van der Waals surface area contributed by atoms with Gasteiger partial charge in [0.2, 0.25) is 5.91 Å². The zero-order valence-electron chi connectivity index (χ0n) is 9.37. The molecule has 0 aliphatic carbocycles. The minimum absolute atomic E-state index is 0.266. The Morgan fingerprint density at radius 3 is 3.00 bits per heavy atom. The number of likely N-dealkylation sites (tertiary alicyclic amines) is 1. The molecule has 0 aromatic rings. The fourth-order valence-corrected chi connectivity index (χ4v) is 3.76. The summed E-state index contributed by atoms with van der Waals surface area (Å²) in [5, 5.41) is 3.45. The highest BCUT2D eigenvalue weighted by Crippen LogP contribution is 2.30. The Kier molecular flexibility index (Phi) is 3.92. The molecule has 3 nitrogen and oxygen atoms in total. The largest absolute Gasteiger partial charge is 0.337 e. The predicted molar refractivity (Wildman–Crippen MR) is 64.1 cm³/mol. The second-order valence-corrected chi connectivity index (χ2v) is 5.70. The van der Waals surface area contributed by atoms with Crippen LogP contribution in [0, 0.1) is 0 Å². The van der Waals surface area contributed by atoms with Crippen LogP contribution >= 0.6 is 11.8 Å². The maximum Gasteiger partial charge on any atom is 0.235 e. The second-order valence-electron chi connectivity index (χ2n) is 4.39. The molecule has 2 unspecified atom stereocenters. The zero-order valence-corrected chi connectivity index (χ0v) is 10.2. The van der Waals surface area contributed by atoms with E-state index in [4.69, 9.17) is 0 Å². The second kappa shape index (κ2) is 5.21. The molecular weight excluding hydrogens is 208 g/mol. The van der Waals surface area contributed by atoms with Crippen LogP contribution in [0.3, 0.4) is 0 Å². The molecule has 1 N–H and O–H groups in total. The van der Waals surface area contributed by atoms with E-state index < -0.39 is 0 Å². The maximum atomic E-state index is 12.2. The van der Waals surface area contributed by atoms with Crippen LogP contribution < -0.4 is 5.32 Å². The van der Waals surface area contributed by atoms with E-state index in [1.165, 1.54) is 25.0 Å². The molecule has 4 heteroatoms. The first-order chi connectivity index (χ1) is 7.33. The van der Waals surface area contributed by atoms with Gasteiger partial charge < -0.3 is 10.2 Å². The standard InChI is InChI=1S/C11H20N2OS/c1-12-8-9-4-2-6-13(9)11(14)10-5-3-7-15-10/h9-10,12H,2-8H2,1H3. The zero-order chi connectivity index (χ0) is 10.7. The number of hydrogen-bond acceptors (Lipinski definition) is 3. The first-order valence-electron chi connectivity index (χ1n) is 5.89. The van der Waals surface area contributed by atoms with Gasteiger partial charge in [0, 0.05) is 19.1 Å². The van der Waals surface area contributed by atoms with Crippen molar-refractivity contribution in [2.24, 2.45) is 0 Å². The van der Waals surface area contributed by atoms with Crippen LogP contribution in [0.1, 0.15) is 25.7 Å². The molecular formula is C11H20N2OS. The van der Waals surface area contributed by atoms with Crippen molar-refractivity contribution in [2.45, 2.75) is 37.0 Å². The van der Waals surface area contributed by atoms with Crippen LogP contribution in [0.5, 0.6) is 0 Å². The van der Waals surface area contributed by atoms with Gasteiger partial charge in [-0.2, -0.15) is 0 Å². The Labute approximate surface area is 96.0 Å². The molecule has 0 bridgehead atoms. The lowest BCUT2D eigenvalue weighted by atomic mass is 10.2. The summed E-state index contributed by atoms with van der Waals surface area (Å²) in [7, 11) is 1.96. The van der Waals surface area contributed by atoms with Gasteiger partial charge in [-0.3, -0.25) is 4.79 Å². The van der Waals surface area contributed by atoms with E-state index in [9.17, 15) is 4.79 Å². The normalized spacial score (nSPS) is 31.1. The highest BCUT2D eigenvalue weighted by molar-refractivity contribution is 8.00. The third-order valence-electron chi connectivity index (χ3n) is 3.31.